The second-order valence-corrected chi connectivity index (χ2v) is 4.43. The van der Waals surface area contributed by atoms with Gasteiger partial charge in [0.05, 0.1) is 12.8 Å². The lowest BCUT2D eigenvalue weighted by molar-refractivity contribution is -0.144. The number of carbonyl (C=O) groups is 3. The highest BCUT2D eigenvalue weighted by Gasteiger charge is 2.27. The largest absolute Gasteiger partial charge is 0.458 e. The van der Waals surface area contributed by atoms with Crippen LogP contribution in [0, 0.1) is 0 Å². The highest BCUT2D eigenvalue weighted by Crippen LogP contribution is 2.21. The van der Waals surface area contributed by atoms with E-state index in [1.807, 2.05) is 6.07 Å². The molecule has 5 heteroatoms. The molecule has 1 aliphatic carbocycles. The Balaban J connectivity index is 1.94. The van der Waals surface area contributed by atoms with Crippen molar-refractivity contribution in [3.8, 4) is 5.75 Å². The Morgan fingerprint density at radius 1 is 1.25 bits per heavy atom. The molecule has 1 aromatic rings. The number of Topliss-reactive ketones (excluding diaryl/α,β-unsaturated/α-hetero) is 1. The van der Waals surface area contributed by atoms with Crippen LogP contribution in [-0.2, 0) is 19.1 Å². The third-order valence-corrected chi connectivity index (χ3v) is 2.76. The van der Waals surface area contributed by atoms with Crippen molar-refractivity contribution in [2.45, 2.75) is 25.9 Å². The fourth-order valence-corrected chi connectivity index (χ4v) is 1.95. The summed E-state index contributed by atoms with van der Waals surface area (Å²) in [5.74, 6) is -0.729. The summed E-state index contributed by atoms with van der Waals surface area (Å²) in [5.41, 5.74) is 0.331. The number of ether oxygens (including phenoxy) is 2. The SMILES string of the molecule is CC(=O)O[C@H]1C=C(CC(=O)Oc2ccccc2)C(=O)C1. The second kappa shape index (κ2) is 6.14. The van der Waals surface area contributed by atoms with E-state index in [1.165, 1.54) is 13.0 Å². The predicted octanol–water partition coefficient (Wildman–Crippen LogP) is 1.81. The van der Waals surface area contributed by atoms with Crippen molar-refractivity contribution in [3.05, 3.63) is 42.0 Å². The molecule has 0 spiro atoms. The summed E-state index contributed by atoms with van der Waals surface area (Å²) in [4.78, 5) is 34.2. The standard InChI is InChI=1S/C15H14O5/c1-10(16)19-13-7-11(14(17)9-13)8-15(18)20-12-5-3-2-4-6-12/h2-7,13H,8-9H2,1H3/t13-/m0/s1. The maximum atomic E-state index is 11.7. The van der Waals surface area contributed by atoms with Crippen LogP contribution < -0.4 is 4.74 Å². The maximum absolute atomic E-state index is 11.7. The normalized spacial score (nSPS) is 17.6. The Bertz CT molecular complexity index is 559. The molecule has 104 valence electrons. The summed E-state index contributed by atoms with van der Waals surface area (Å²) >= 11 is 0. The van der Waals surface area contributed by atoms with Gasteiger partial charge in [-0.1, -0.05) is 18.2 Å². The van der Waals surface area contributed by atoms with Crippen molar-refractivity contribution < 1.29 is 23.9 Å². The first-order chi connectivity index (χ1) is 9.54. The van der Waals surface area contributed by atoms with Gasteiger partial charge in [0.25, 0.3) is 0 Å². The van der Waals surface area contributed by atoms with E-state index in [0.29, 0.717) is 11.3 Å². The molecule has 0 saturated heterocycles. The molecular weight excluding hydrogens is 260 g/mol. The third kappa shape index (κ3) is 3.78. The quantitative estimate of drug-likeness (QED) is 0.618. The molecule has 0 aliphatic heterocycles. The lowest BCUT2D eigenvalue weighted by Crippen LogP contribution is -2.13. The molecule has 0 fully saturated rings. The smallest absolute Gasteiger partial charge is 0.315 e. The van der Waals surface area contributed by atoms with E-state index in [2.05, 4.69) is 0 Å². The first-order valence-electron chi connectivity index (χ1n) is 6.21. The summed E-state index contributed by atoms with van der Waals surface area (Å²) in [5, 5.41) is 0. The average molecular weight is 274 g/mol. The molecule has 0 bridgehead atoms. The minimum absolute atomic E-state index is 0.0908. The highest BCUT2D eigenvalue weighted by molar-refractivity contribution is 6.02. The zero-order valence-corrected chi connectivity index (χ0v) is 11.0. The Labute approximate surface area is 116 Å². The van der Waals surface area contributed by atoms with Crippen molar-refractivity contribution in [3.63, 3.8) is 0 Å². The van der Waals surface area contributed by atoms with Gasteiger partial charge in [0.1, 0.15) is 11.9 Å². The Morgan fingerprint density at radius 3 is 2.60 bits per heavy atom. The molecule has 5 nitrogen and oxygen atoms in total. The van der Waals surface area contributed by atoms with Gasteiger partial charge in [-0.05, 0) is 18.2 Å². The number of esters is 2. The van der Waals surface area contributed by atoms with E-state index in [4.69, 9.17) is 9.47 Å². The summed E-state index contributed by atoms with van der Waals surface area (Å²) in [6.45, 7) is 1.28. The van der Waals surface area contributed by atoms with Crippen LogP contribution in [-0.4, -0.2) is 23.8 Å². The van der Waals surface area contributed by atoms with E-state index in [0.717, 1.165) is 0 Å². The zero-order chi connectivity index (χ0) is 14.5. The van der Waals surface area contributed by atoms with Gasteiger partial charge in [0.15, 0.2) is 5.78 Å². The number of rotatable bonds is 4. The van der Waals surface area contributed by atoms with Gasteiger partial charge in [-0.2, -0.15) is 0 Å². The van der Waals surface area contributed by atoms with Crippen LogP contribution in [0.3, 0.4) is 0 Å². The number of carbonyl (C=O) groups excluding carboxylic acids is 3. The van der Waals surface area contributed by atoms with E-state index >= 15 is 0 Å². The van der Waals surface area contributed by atoms with Gasteiger partial charge < -0.3 is 9.47 Å². The number of benzene rings is 1. The molecule has 1 aromatic carbocycles. The molecule has 0 amide bonds. The molecule has 0 aromatic heterocycles. The summed E-state index contributed by atoms with van der Waals surface area (Å²) in [6, 6.07) is 8.62. The van der Waals surface area contributed by atoms with E-state index in [9.17, 15) is 14.4 Å². The highest BCUT2D eigenvalue weighted by atomic mass is 16.5. The van der Waals surface area contributed by atoms with E-state index in [1.54, 1.807) is 24.3 Å². The summed E-state index contributed by atoms with van der Waals surface area (Å²) in [7, 11) is 0. The van der Waals surface area contributed by atoms with E-state index < -0.39 is 18.0 Å². The average Bonchev–Trinajstić information content (AvgIpc) is 2.69. The van der Waals surface area contributed by atoms with Crippen LogP contribution in [0.15, 0.2) is 42.0 Å². The summed E-state index contributed by atoms with van der Waals surface area (Å²) < 4.78 is 10.0. The number of ketones is 1. The molecule has 1 atom stereocenters. The lowest BCUT2D eigenvalue weighted by Gasteiger charge is -2.05. The van der Waals surface area contributed by atoms with Crippen molar-refractivity contribution in [2.24, 2.45) is 0 Å². The molecule has 0 heterocycles. The molecular formula is C15H14O5. The number of hydrogen-bond acceptors (Lipinski definition) is 5. The molecule has 1 aliphatic rings. The monoisotopic (exact) mass is 274 g/mol. The Hall–Kier alpha value is -2.43. The fourth-order valence-electron chi connectivity index (χ4n) is 1.95. The lowest BCUT2D eigenvalue weighted by atomic mass is 10.1. The van der Waals surface area contributed by atoms with Gasteiger partial charge in [0.2, 0.25) is 0 Å². The molecule has 0 radical (unpaired) electrons. The predicted molar refractivity (Wildman–Crippen MR) is 70.0 cm³/mol. The third-order valence-electron chi connectivity index (χ3n) is 2.76. The van der Waals surface area contributed by atoms with Crippen LogP contribution in [0.1, 0.15) is 19.8 Å². The minimum atomic E-state index is -0.570. The van der Waals surface area contributed by atoms with Crippen molar-refractivity contribution in [1.29, 1.82) is 0 Å². The van der Waals surface area contributed by atoms with Crippen LogP contribution in [0.5, 0.6) is 5.75 Å². The fraction of sp³-hybridized carbons (Fsp3) is 0.267. The van der Waals surface area contributed by atoms with Crippen LogP contribution in [0.25, 0.3) is 0 Å². The Morgan fingerprint density at radius 2 is 1.95 bits per heavy atom. The van der Waals surface area contributed by atoms with Crippen molar-refractivity contribution in [2.75, 3.05) is 0 Å². The van der Waals surface area contributed by atoms with Crippen molar-refractivity contribution >= 4 is 17.7 Å². The molecule has 20 heavy (non-hydrogen) atoms. The summed E-state index contributed by atoms with van der Waals surface area (Å²) in [6.07, 6.45) is 0.911. The number of hydrogen-bond donors (Lipinski definition) is 0. The number of para-hydroxylation sites is 1. The second-order valence-electron chi connectivity index (χ2n) is 4.43. The van der Waals surface area contributed by atoms with E-state index in [-0.39, 0.29) is 18.6 Å². The van der Waals surface area contributed by atoms with Gasteiger partial charge in [-0.15, -0.1) is 0 Å². The molecule has 0 N–H and O–H groups in total. The molecule has 2 rings (SSSR count). The minimum Gasteiger partial charge on any atom is -0.458 e. The van der Waals surface area contributed by atoms with Crippen molar-refractivity contribution in [1.82, 2.24) is 0 Å². The topological polar surface area (TPSA) is 69.7 Å². The maximum Gasteiger partial charge on any atom is 0.315 e. The first kappa shape index (κ1) is 14.0. The molecule has 0 saturated carbocycles. The van der Waals surface area contributed by atoms with Crippen LogP contribution in [0.4, 0.5) is 0 Å². The molecule has 0 unspecified atom stereocenters. The Kier molecular flexibility index (Phi) is 4.30. The zero-order valence-electron chi connectivity index (χ0n) is 11.0. The first-order valence-corrected chi connectivity index (χ1v) is 6.21. The van der Waals surface area contributed by atoms with Gasteiger partial charge in [-0.3, -0.25) is 14.4 Å². The van der Waals surface area contributed by atoms with Crippen LogP contribution in [0.2, 0.25) is 0 Å². The van der Waals surface area contributed by atoms with Gasteiger partial charge in [-0.25, -0.2) is 0 Å². The van der Waals surface area contributed by atoms with Gasteiger partial charge >= 0.3 is 11.9 Å². The van der Waals surface area contributed by atoms with Gasteiger partial charge in [0, 0.05) is 12.5 Å². The van der Waals surface area contributed by atoms with Crippen LogP contribution >= 0.6 is 0 Å².